The van der Waals surface area contributed by atoms with Gasteiger partial charge in [0.05, 0.1) is 0 Å². The molecule has 0 saturated heterocycles. The average Bonchev–Trinajstić information content (AvgIpc) is 2.32. The topological polar surface area (TPSA) is 26.0 Å². The van der Waals surface area contributed by atoms with Crippen LogP contribution in [0.2, 0.25) is 10.0 Å². The number of nitrogens with two attached hydrogens (primary N) is 1. The Balaban J connectivity index is 2.08. The van der Waals surface area contributed by atoms with Crippen LogP contribution in [0.1, 0.15) is 11.1 Å². The lowest BCUT2D eigenvalue weighted by Gasteiger charge is -2.13. The molecule has 0 spiro atoms. The molecule has 0 fully saturated rings. The lowest BCUT2D eigenvalue weighted by Crippen LogP contribution is -2.25. The number of hydrogen-bond acceptors (Lipinski definition) is 1. The van der Waals surface area contributed by atoms with Crippen molar-refractivity contribution in [3.05, 3.63) is 69.2 Å². The van der Waals surface area contributed by atoms with E-state index in [-0.39, 0.29) is 6.04 Å². The molecule has 2 aromatic carbocycles. The van der Waals surface area contributed by atoms with E-state index in [1.807, 2.05) is 0 Å². The predicted molar refractivity (Wildman–Crippen MR) is 78.2 cm³/mol. The van der Waals surface area contributed by atoms with E-state index in [1.165, 1.54) is 12.1 Å². The first kappa shape index (κ1) is 15.2. The van der Waals surface area contributed by atoms with Crippen LogP contribution in [0.4, 0.5) is 8.78 Å². The molecule has 20 heavy (non-hydrogen) atoms. The molecule has 0 bridgehead atoms. The van der Waals surface area contributed by atoms with Crippen LogP contribution in [0, 0.1) is 11.6 Å². The third-order valence-electron chi connectivity index (χ3n) is 2.91. The van der Waals surface area contributed by atoms with Gasteiger partial charge >= 0.3 is 0 Å². The van der Waals surface area contributed by atoms with Gasteiger partial charge in [-0.2, -0.15) is 0 Å². The number of halogens is 4. The Hall–Kier alpha value is -1.16. The predicted octanol–water partition coefficient (Wildman–Crippen LogP) is 4.38. The van der Waals surface area contributed by atoms with Gasteiger partial charge in [-0.25, -0.2) is 8.78 Å². The minimum Gasteiger partial charge on any atom is -0.327 e. The number of benzene rings is 2. The zero-order valence-electron chi connectivity index (χ0n) is 10.5. The van der Waals surface area contributed by atoms with Crippen LogP contribution in [0.5, 0.6) is 0 Å². The first-order valence-corrected chi connectivity index (χ1v) is 6.84. The third kappa shape index (κ3) is 4.17. The molecule has 0 aliphatic rings. The molecule has 1 atom stereocenters. The first-order valence-electron chi connectivity index (χ1n) is 6.08. The highest BCUT2D eigenvalue weighted by Gasteiger charge is 2.10. The number of hydrogen-bond donors (Lipinski definition) is 1. The van der Waals surface area contributed by atoms with Crippen LogP contribution in [0.15, 0.2) is 36.4 Å². The largest absolute Gasteiger partial charge is 0.327 e. The van der Waals surface area contributed by atoms with E-state index in [1.54, 1.807) is 18.2 Å². The second kappa shape index (κ2) is 6.53. The summed E-state index contributed by atoms with van der Waals surface area (Å²) in [6, 6.07) is 8.24. The summed E-state index contributed by atoms with van der Waals surface area (Å²) in [6.45, 7) is 0. The maximum absolute atomic E-state index is 13.1. The number of rotatable bonds is 4. The zero-order chi connectivity index (χ0) is 14.7. The molecule has 1 unspecified atom stereocenters. The molecule has 1 nitrogen and oxygen atoms in total. The van der Waals surface area contributed by atoms with Gasteiger partial charge in [0.2, 0.25) is 0 Å². The minimum atomic E-state index is -0.604. The summed E-state index contributed by atoms with van der Waals surface area (Å²) >= 11 is 12.0. The van der Waals surface area contributed by atoms with Crippen LogP contribution in [-0.4, -0.2) is 6.04 Å². The van der Waals surface area contributed by atoms with Gasteiger partial charge < -0.3 is 5.73 Å². The van der Waals surface area contributed by atoms with Gasteiger partial charge in [-0.1, -0.05) is 23.2 Å². The molecule has 0 saturated carbocycles. The maximum atomic E-state index is 13.1. The van der Waals surface area contributed by atoms with Crippen molar-refractivity contribution in [2.75, 3.05) is 0 Å². The molecule has 0 aliphatic carbocycles. The quantitative estimate of drug-likeness (QED) is 0.890. The monoisotopic (exact) mass is 315 g/mol. The normalized spacial score (nSPS) is 12.4. The summed E-state index contributed by atoms with van der Waals surface area (Å²) in [5, 5.41) is 1.16. The second-order valence-electron chi connectivity index (χ2n) is 4.68. The summed E-state index contributed by atoms with van der Waals surface area (Å²) in [7, 11) is 0. The third-order valence-corrected chi connectivity index (χ3v) is 3.51. The highest BCUT2D eigenvalue weighted by atomic mass is 35.5. The molecule has 2 rings (SSSR count). The fraction of sp³-hybridized carbons (Fsp3) is 0.200. The van der Waals surface area contributed by atoms with Crippen molar-refractivity contribution in [1.82, 2.24) is 0 Å². The Morgan fingerprint density at radius 1 is 0.950 bits per heavy atom. The van der Waals surface area contributed by atoms with Crippen LogP contribution in [-0.2, 0) is 12.8 Å². The molecule has 0 aliphatic heterocycles. The van der Waals surface area contributed by atoms with E-state index in [4.69, 9.17) is 28.9 Å². The molecule has 5 heteroatoms. The van der Waals surface area contributed by atoms with Gasteiger partial charge in [0.15, 0.2) is 0 Å². The molecule has 0 aromatic heterocycles. The van der Waals surface area contributed by atoms with E-state index in [9.17, 15) is 8.78 Å². The Morgan fingerprint density at radius 2 is 1.60 bits per heavy atom. The van der Waals surface area contributed by atoms with Crippen molar-refractivity contribution in [3.63, 3.8) is 0 Å². The standard InChI is InChI=1S/C15H13Cl2F2N/c16-11-1-2-15(17)10(6-11)7-14(20)5-9-3-12(18)8-13(19)4-9/h1-4,6,8,14H,5,7,20H2. The Labute approximate surface area is 126 Å². The van der Waals surface area contributed by atoms with Gasteiger partial charge in [0, 0.05) is 22.2 Å². The summed E-state index contributed by atoms with van der Waals surface area (Å²) in [4.78, 5) is 0. The van der Waals surface area contributed by atoms with Crippen molar-refractivity contribution in [1.29, 1.82) is 0 Å². The highest BCUT2D eigenvalue weighted by Crippen LogP contribution is 2.22. The summed E-state index contributed by atoms with van der Waals surface area (Å²) in [6.07, 6.45) is 0.842. The van der Waals surface area contributed by atoms with Gasteiger partial charge in [-0.05, 0) is 54.3 Å². The van der Waals surface area contributed by atoms with Crippen molar-refractivity contribution in [2.24, 2.45) is 5.73 Å². The molecule has 0 amide bonds. The van der Waals surface area contributed by atoms with Crippen LogP contribution < -0.4 is 5.73 Å². The van der Waals surface area contributed by atoms with Crippen molar-refractivity contribution in [3.8, 4) is 0 Å². The maximum Gasteiger partial charge on any atom is 0.126 e. The Morgan fingerprint density at radius 3 is 2.25 bits per heavy atom. The summed E-state index contributed by atoms with van der Waals surface area (Å²) in [5.41, 5.74) is 7.35. The van der Waals surface area contributed by atoms with Crippen molar-refractivity contribution < 1.29 is 8.78 Å². The highest BCUT2D eigenvalue weighted by molar-refractivity contribution is 6.33. The van der Waals surface area contributed by atoms with Gasteiger partial charge in [0.1, 0.15) is 11.6 Å². The average molecular weight is 316 g/mol. The molecule has 0 radical (unpaired) electrons. The van der Waals surface area contributed by atoms with E-state index in [2.05, 4.69) is 0 Å². The van der Waals surface area contributed by atoms with E-state index in [0.29, 0.717) is 28.5 Å². The summed E-state index contributed by atoms with van der Waals surface area (Å²) < 4.78 is 26.2. The fourth-order valence-electron chi connectivity index (χ4n) is 2.09. The Kier molecular flexibility index (Phi) is 4.97. The van der Waals surface area contributed by atoms with E-state index >= 15 is 0 Å². The van der Waals surface area contributed by atoms with Crippen LogP contribution in [0.3, 0.4) is 0 Å². The van der Waals surface area contributed by atoms with Crippen molar-refractivity contribution in [2.45, 2.75) is 18.9 Å². The fourth-order valence-corrected chi connectivity index (χ4v) is 2.48. The SMILES string of the molecule is NC(Cc1cc(F)cc(F)c1)Cc1cc(Cl)ccc1Cl. The van der Waals surface area contributed by atoms with Crippen LogP contribution >= 0.6 is 23.2 Å². The Bertz CT molecular complexity index is 597. The summed E-state index contributed by atoms with van der Waals surface area (Å²) in [5.74, 6) is -1.21. The van der Waals surface area contributed by atoms with Crippen molar-refractivity contribution >= 4 is 23.2 Å². The van der Waals surface area contributed by atoms with E-state index < -0.39 is 11.6 Å². The molecular formula is C15H13Cl2F2N. The van der Waals surface area contributed by atoms with Gasteiger partial charge in [0.25, 0.3) is 0 Å². The first-order chi connectivity index (χ1) is 9.44. The smallest absolute Gasteiger partial charge is 0.126 e. The second-order valence-corrected chi connectivity index (χ2v) is 5.53. The lowest BCUT2D eigenvalue weighted by molar-refractivity contribution is 0.574. The van der Waals surface area contributed by atoms with Gasteiger partial charge in [-0.3, -0.25) is 0 Å². The molecule has 2 N–H and O–H groups in total. The lowest BCUT2D eigenvalue weighted by atomic mass is 9.99. The molecular weight excluding hydrogens is 303 g/mol. The van der Waals surface area contributed by atoms with Crippen LogP contribution in [0.25, 0.3) is 0 Å². The molecule has 2 aromatic rings. The molecule has 0 heterocycles. The van der Waals surface area contributed by atoms with Gasteiger partial charge in [-0.15, -0.1) is 0 Å². The molecule has 106 valence electrons. The zero-order valence-corrected chi connectivity index (χ0v) is 12.1. The minimum absolute atomic E-state index is 0.299. The van der Waals surface area contributed by atoms with E-state index in [0.717, 1.165) is 11.6 Å².